The molecular formula is C60H40N2OSi. The van der Waals surface area contributed by atoms with E-state index in [-0.39, 0.29) is 0 Å². The van der Waals surface area contributed by atoms with E-state index in [2.05, 4.69) is 240 Å². The zero-order valence-corrected chi connectivity index (χ0v) is 35.9. The number of para-hydroxylation sites is 3. The third-order valence-electron chi connectivity index (χ3n) is 13.5. The van der Waals surface area contributed by atoms with Gasteiger partial charge in [0.05, 0.1) is 27.8 Å². The minimum Gasteiger partial charge on any atom is -0.456 e. The van der Waals surface area contributed by atoms with Crippen LogP contribution < -0.4 is 20.7 Å². The van der Waals surface area contributed by atoms with Crippen molar-refractivity contribution in [2.45, 2.75) is 0 Å². The molecule has 0 aliphatic heterocycles. The van der Waals surface area contributed by atoms with Gasteiger partial charge in [-0.25, -0.2) is 0 Å². The van der Waals surface area contributed by atoms with Gasteiger partial charge in [-0.1, -0.05) is 182 Å². The Morgan fingerprint density at radius 3 is 1.53 bits per heavy atom. The molecule has 0 saturated heterocycles. The Hall–Kier alpha value is -8.18. The van der Waals surface area contributed by atoms with E-state index in [1.807, 2.05) is 12.1 Å². The number of benzene rings is 10. The third-order valence-corrected chi connectivity index (χ3v) is 18.2. The topological polar surface area (TPSA) is 23.0 Å². The van der Waals surface area contributed by atoms with E-state index in [1.165, 1.54) is 64.4 Å². The molecule has 13 rings (SSSR count). The van der Waals surface area contributed by atoms with Gasteiger partial charge < -0.3 is 13.6 Å². The second-order valence-corrected chi connectivity index (χ2v) is 20.6. The van der Waals surface area contributed by atoms with Crippen LogP contribution in [0.4, 0.5) is 0 Å². The molecule has 0 atom stereocenters. The van der Waals surface area contributed by atoms with Crippen molar-refractivity contribution in [2.75, 3.05) is 0 Å². The minimum absolute atomic E-state index is 0.905. The summed E-state index contributed by atoms with van der Waals surface area (Å²) in [5, 5.41) is 12.6. The lowest BCUT2D eigenvalue weighted by Crippen LogP contribution is -2.74. The highest BCUT2D eigenvalue weighted by molar-refractivity contribution is 7.19. The SMILES string of the molecule is c1ccc([Si](c2ccccc2)(c2ccccc2)c2cccc(-n3c4ccccc4c4c(-n5c6ccccc6c6ccc(-c7ccc8oc9ccccc9c8c7)cc65)cccc43)c2)cc1. The Balaban J connectivity index is 1.05. The van der Waals surface area contributed by atoms with E-state index in [0.29, 0.717) is 0 Å². The first-order valence-electron chi connectivity index (χ1n) is 22.0. The summed E-state index contributed by atoms with van der Waals surface area (Å²) in [6, 6.07) is 89.4. The predicted octanol–water partition coefficient (Wildman–Crippen LogP) is 12.8. The molecule has 0 fully saturated rings. The maximum Gasteiger partial charge on any atom is 0.179 e. The number of aromatic nitrogens is 2. The molecule has 0 spiro atoms. The molecule has 64 heavy (non-hydrogen) atoms. The summed E-state index contributed by atoms with van der Waals surface area (Å²) >= 11 is 0. The molecule has 3 nitrogen and oxygen atoms in total. The summed E-state index contributed by atoms with van der Waals surface area (Å²) in [7, 11) is -2.78. The van der Waals surface area contributed by atoms with Gasteiger partial charge in [0.15, 0.2) is 8.07 Å². The summed E-state index contributed by atoms with van der Waals surface area (Å²) in [6.07, 6.45) is 0. The number of hydrogen-bond donors (Lipinski definition) is 0. The van der Waals surface area contributed by atoms with Crippen LogP contribution in [0.5, 0.6) is 0 Å². The Morgan fingerprint density at radius 2 is 0.812 bits per heavy atom. The molecule has 300 valence electrons. The molecule has 3 aromatic heterocycles. The van der Waals surface area contributed by atoms with Crippen molar-refractivity contribution in [3.63, 3.8) is 0 Å². The average molecular weight is 833 g/mol. The number of nitrogens with zero attached hydrogens (tertiary/aromatic N) is 2. The van der Waals surface area contributed by atoms with E-state index in [0.717, 1.165) is 44.4 Å². The van der Waals surface area contributed by atoms with Crippen molar-refractivity contribution in [2.24, 2.45) is 0 Å². The molecule has 4 heteroatoms. The van der Waals surface area contributed by atoms with Gasteiger partial charge in [0, 0.05) is 38.0 Å². The van der Waals surface area contributed by atoms with Crippen LogP contribution in [0, 0.1) is 0 Å². The quantitative estimate of drug-likeness (QED) is 0.116. The van der Waals surface area contributed by atoms with Crippen LogP contribution in [0.1, 0.15) is 0 Å². The first kappa shape index (κ1) is 36.5. The highest BCUT2D eigenvalue weighted by Crippen LogP contribution is 2.41. The number of fused-ring (bicyclic) bond motifs is 9. The molecule has 0 bridgehead atoms. The first-order chi connectivity index (χ1) is 31.8. The predicted molar refractivity (Wildman–Crippen MR) is 271 cm³/mol. The summed E-state index contributed by atoms with van der Waals surface area (Å²) in [5.74, 6) is 0. The second kappa shape index (κ2) is 14.5. The van der Waals surface area contributed by atoms with Gasteiger partial charge in [-0.3, -0.25) is 0 Å². The largest absolute Gasteiger partial charge is 0.456 e. The Bertz CT molecular complexity index is 3800. The van der Waals surface area contributed by atoms with Gasteiger partial charge in [0.1, 0.15) is 11.2 Å². The van der Waals surface area contributed by atoms with Crippen LogP contribution in [0.3, 0.4) is 0 Å². The maximum atomic E-state index is 6.22. The second-order valence-electron chi connectivity index (χ2n) is 16.8. The van der Waals surface area contributed by atoms with Crippen LogP contribution in [-0.2, 0) is 0 Å². The maximum absolute atomic E-state index is 6.22. The van der Waals surface area contributed by atoms with Crippen molar-refractivity contribution in [3.8, 4) is 22.5 Å². The van der Waals surface area contributed by atoms with Gasteiger partial charge in [0.2, 0.25) is 0 Å². The van der Waals surface area contributed by atoms with Gasteiger partial charge in [-0.2, -0.15) is 0 Å². The molecule has 10 aromatic carbocycles. The summed E-state index contributed by atoms with van der Waals surface area (Å²) in [4.78, 5) is 0. The van der Waals surface area contributed by atoms with Crippen molar-refractivity contribution >= 4 is 94.4 Å². The lowest BCUT2D eigenvalue weighted by Gasteiger charge is -2.34. The zero-order chi connectivity index (χ0) is 42.2. The summed E-state index contributed by atoms with van der Waals surface area (Å²) in [5.41, 5.74) is 11.1. The number of rotatable bonds is 7. The molecule has 0 radical (unpaired) electrons. The van der Waals surface area contributed by atoms with Crippen molar-refractivity contribution in [3.05, 3.63) is 243 Å². The lowest BCUT2D eigenvalue weighted by atomic mass is 10.0. The molecule has 0 amide bonds. The third kappa shape index (κ3) is 5.39. The van der Waals surface area contributed by atoms with Gasteiger partial charge in [-0.05, 0) is 92.5 Å². The Labute approximate surface area is 371 Å². The fraction of sp³-hybridized carbons (Fsp3) is 0. The minimum atomic E-state index is -2.78. The van der Waals surface area contributed by atoms with Crippen LogP contribution in [0.15, 0.2) is 247 Å². The van der Waals surface area contributed by atoms with Gasteiger partial charge >= 0.3 is 0 Å². The van der Waals surface area contributed by atoms with E-state index in [9.17, 15) is 0 Å². The van der Waals surface area contributed by atoms with Crippen molar-refractivity contribution in [1.29, 1.82) is 0 Å². The molecule has 13 aromatic rings. The van der Waals surface area contributed by atoms with E-state index in [4.69, 9.17) is 4.42 Å². The van der Waals surface area contributed by atoms with Crippen LogP contribution in [0.2, 0.25) is 0 Å². The highest BCUT2D eigenvalue weighted by atomic mass is 28.3. The molecule has 0 aliphatic carbocycles. The fourth-order valence-electron chi connectivity index (χ4n) is 10.7. The number of hydrogen-bond acceptors (Lipinski definition) is 1. The van der Waals surface area contributed by atoms with E-state index >= 15 is 0 Å². The first-order valence-corrected chi connectivity index (χ1v) is 24.0. The molecular weight excluding hydrogens is 793 g/mol. The molecule has 0 N–H and O–H groups in total. The van der Waals surface area contributed by atoms with Gasteiger partial charge in [-0.15, -0.1) is 0 Å². The molecule has 3 heterocycles. The van der Waals surface area contributed by atoms with Crippen molar-refractivity contribution in [1.82, 2.24) is 9.13 Å². The molecule has 0 saturated carbocycles. The summed E-state index contributed by atoms with van der Waals surface area (Å²) < 4.78 is 11.2. The fourth-order valence-corrected chi connectivity index (χ4v) is 15.5. The smallest absolute Gasteiger partial charge is 0.179 e. The Kier molecular flexibility index (Phi) is 8.23. The summed E-state index contributed by atoms with van der Waals surface area (Å²) in [6.45, 7) is 0. The van der Waals surface area contributed by atoms with E-state index < -0.39 is 8.07 Å². The average Bonchev–Trinajstić information content (AvgIpc) is 4.03. The van der Waals surface area contributed by atoms with Crippen LogP contribution >= 0.6 is 0 Å². The highest BCUT2D eigenvalue weighted by Gasteiger charge is 2.41. The number of furan rings is 1. The van der Waals surface area contributed by atoms with Gasteiger partial charge in [0.25, 0.3) is 0 Å². The zero-order valence-electron chi connectivity index (χ0n) is 34.9. The monoisotopic (exact) mass is 832 g/mol. The van der Waals surface area contributed by atoms with Crippen LogP contribution in [0.25, 0.3) is 88.1 Å². The van der Waals surface area contributed by atoms with Crippen LogP contribution in [-0.4, -0.2) is 17.2 Å². The Morgan fingerprint density at radius 1 is 0.297 bits per heavy atom. The lowest BCUT2D eigenvalue weighted by molar-refractivity contribution is 0.669. The molecule has 0 unspecified atom stereocenters. The van der Waals surface area contributed by atoms with Crippen molar-refractivity contribution < 1.29 is 4.42 Å². The molecule has 0 aliphatic rings. The standard InChI is InChI=1S/C60H40N2OSi/c1-4-19-44(20-5-1)64(45-21-6-2-7-22-45,46-23-8-3-9-24-46)47-25-16-18-43(40-47)61-54-30-14-11-28-51(54)60-55(61)31-17-32-56(60)62-53-29-13-10-26-48(53)49-36-34-42(39-57(49)62)41-35-37-59-52(38-41)50-27-12-15-33-58(50)63-59/h1-40H. The van der Waals surface area contributed by atoms with E-state index in [1.54, 1.807) is 0 Å². The normalized spacial score (nSPS) is 12.1.